The highest BCUT2D eigenvalue weighted by Crippen LogP contribution is 2.13. The molecule has 0 fully saturated rings. The summed E-state index contributed by atoms with van der Waals surface area (Å²) in [5.41, 5.74) is 0.226. The fourth-order valence-electron chi connectivity index (χ4n) is 1.90. The maximum Gasteiger partial charge on any atom is 0.335 e. The van der Waals surface area contributed by atoms with Gasteiger partial charge in [0, 0.05) is 13.2 Å². The van der Waals surface area contributed by atoms with Gasteiger partial charge < -0.3 is 20.3 Å². The summed E-state index contributed by atoms with van der Waals surface area (Å²) in [6.07, 6.45) is 1.85. The number of carboxylic acid groups (broad SMARTS) is 1. The van der Waals surface area contributed by atoms with Crippen LogP contribution in [0.2, 0.25) is 0 Å². The lowest BCUT2D eigenvalue weighted by atomic mass is 10.0. The Morgan fingerprint density at radius 3 is 2.90 bits per heavy atom. The zero-order valence-electron chi connectivity index (χ0n) is 11.8. The van der Waals surface area contributed by atoms with Crippen molar-refractivity contribution in [2.45, 2.75) is 19.8 Å². The molecule has 5 nitrogen and oxygen atoms in total. The summed E-state index contributed by atoms with van der Waals surface area (Å²) in [7, 11) is 0. The first kappa shape index (κ1) is 16.5. The van der Waals surface area contributed by atoms with Gasteiger partial charge in [0.05, 0.1) is 5.56 Å². The lowest BCUT2D eigenvalue weighted by Gasteiger charge is -2.14. The second-order valence-corrected chi connectivity index (χ2v) is 4.67. The highest BCUT2D eigenvalue weighted by molar-refractivity contribution is 5.87. The van der Waals surface area contributed by atoms with Gasteiger partial charge in [-0.2, -0.15) is 0 Å². The van der Waals surface area contributed by atoms with E-state index in [1.54, 1.807) is 12.1 Å². The molecule has 3 N–H and O–H groups in total. The minimum Gasteiger partial charge on any atom is -0.492 e. The molecule has 0 amide bonds. The molecule has 1 aromatic carbocycles. The van der Waals surface area contributed by atoms with Crippen LogP contribution >= 0.6 is 0 Å². The molecule has 1 atom stereocenters. The molecule has 0 saturated carbocycles. The Morgan fingerprint density at radius 2 is 2.25 bits per heavy atom. The van der Waals surface area contributed by atoms with Crippen LogP contribution in [-0.2, 0) is 0 Å². The van der Waals surface area contributed by atoms with E-state index in [0.29, 0.717) is 24.8 Å². The highest BCUT2D eigenvalue weighted by atomic mass is 16.5. The number of carboxylic acids is 1. The number of hydrogen-bond acceptors (Lipinski definition) is 4. The molecule has 0 radical (unpaired) electrons. The Kier molecular flexibility index (Phi) is 7.69. The van der Waals surface area contributed by atoms with E-state index < -0.39 is 5.97 Å². The van der Waals surface area contributed by atoms with Crippen LogP contribution in [0.15, 0.2) is 24.3 Å². The first-order valence-corrected chi connectivity index (χ1v) is 6.95. The zero-order valence-corrected chi connectivity index (χ0v) is 11.8. The number of benzene rings is 1. The standard InChI is InChI=1S/C15H23NO4/c1-2-12(6-8-17)11-16-7-9-20-14-5-3-4-13(10-14)15(18)19/h3-5,10,12,16-17H,2,6-9,11H2,1H3,(H,18,19). The van der Waals surface area contributed by atoms with Crippen LogP contribution < -0.4 is 10.1 Å². The Labute approximate surface area is 119 Å². The van der Waals surface area contributed by atoms with Crippen LogP contribution in [0.5, 0.6) is 5.75 Å². The van der Waals surface area contributed by atoms with E-state index in [1.807, 2.05) is 0 Å². The maximum atomic E-state index is 10.8. The van der Waals surface area contributed by atoms with Crippen molar-refractivity contribution in [2.24, 2.45) is 5.92 Å². The molecule has 0 aliphatic carbocycles. The lowest BCUT2D eigenvalue weighted by molar-refractivity contribution is 0.0696. The third-order valence-electron chi connectivity index (χ3n) is 3.18. The Morgan fingerprint density at radius 1 is 1.45 bits per heavy atom. The van der Waals surface area contributed by atoms with Crippen molar-refractivity contribution in [3.63, 3.8) is 0 Å². The normalized spacial score (nSPS) is 12.1. The van der Waals surface area contributed by atoms with Crippen LogP contribution in [0.1, 0.15) is 30.1 Å². The van der Waals surface area contributed by atoms with E-state index in [2.05, 4.69) is 12.2 Å². The first-order valence-electron chi connectivity index (χ1n) is 6.95. The highest BCUT2D eigenvalue weighted by Gasteiger charge is 2.05. The van der Waals surface area contributed by atoms with Crippen LogP contribution in [0.4, 0.5) is 0 Å². The summed E-state index contributed by atoms with van der Waals surface area (Å²) in [5, 5.41) is 21.0. The minimum atomic E-state index is -0.955. The molecule has 1 aromatic rings. The molecule has 1 rings (SSSR count). The summed E-state index contributed by atoms with van der Waals surface area (Å²) < 4.78 is 5.50. The van der Waals surface area contributed by atoms with Crippen molar-refractivity contribution in [3.05, 3.63) is 29.8 Å². The van der Waals surface area contributed by atoms with Crippen LogP contribution in [0.3, 0.4) is 0 Å². The second kappa shape index (κ2) is 9.34. The van der Waals surface area contributed by atoms with E-state index in [0.717, 1.165) is 19.4 Å². The average molecular weight is 281 g/mol. The smallest absolute Gasteiger partial charge is 0.335 e. The Balaban J connectivity index is 2.24. The zero-order chi connectivity index (χ0) is 14.8. The van der Waals surface area contributed by atoms with E-state index in [1.165, 1.54) is 12.1 Å². The molecule has 0 aliphatic heterocycles. The quantitative estimate of drug-likeness (QED) is 0.570. The number of rotatable bonds is 10. The SMILES string of the molecule is CCC(CCO)CNCCOc1cccc(C(=O)O)c1. The molecular formula is C15H23NO4. The molecule has 0 bridgehead atoms. The van der Waals surface area contributed by atoms with Gasteiger partial charge in [0.25, 0.3) is 0 Å². The second-order valence-electron chi connectivity index (χ2n) is 4.67. The largest absolute Gasteiger partial charge is 0.492 e. The van der Waals surface area contributed by atoms with Crippen molar-refractivity contribution < 1.29 is 19.7 Å². The third-order valence-corrected chi connectivity index (χ3v) is 3.18. The summed E-state index contributed by atoms with van der Waals surface area (Å²) in [5.74, 6) is 0.0906. The summed E-state index contributed by atoms with van der Waals surface area (Å²) in [6, 6.07) is 6.46. The van der Waals surface area contributed by atoms with E-state index in [-0.39, 0.29) is 12.2 Å². The number of carbonyl (C=O) groups is 1. The van der Waals surface area contributed by atoms with Gasteiger partial charge in [0.2, 0.25) is 0 Å². The molecule has 0 aromatic heterocycles. The number of hydrogen-bond donors (Lipinski definition) is 3. The third kappa shape index (κ3) is 6.04. The Bertz CT molecular complexity index is 409. The van der Waals surface area contributed by atoms with Gasteiger partial charge in [-0.3, -0.25) is 0 Å². The minimum absolute atomic E-state index is 0.221. The van der Waals surface area contributed by atoms with Crippen LogP contribution in [0.25, 0.3) is 0 Å². The molecule has 1 unspecified atom stereocenters. The topological polar surface area (TPSA) is 78.8 Å². The number of ether oxygens (including phenoxy) is 1. The number of aliphatic hydroxyl groups is 1. The average Bonchev–Trinajstić information content (AvgIpc) is 2.46. The van der Waals surface area contributed by atoms with Gasteiger partial charge in [-0.25, -0.2) is 4.79 Å². The van der Waals surface area contributed by atoms with E-state index in [9.17, 15) is 4.79 Å². The van der Waals surface area contributed by atoms with E-state index in [4.69, 9.17) is 14.9 Å². The van der Waals surface area contributed by atoms with Gasteiger partial charge in [-0.1, -0.05) is 19.4 Å². The van der Waals surface area contributed by atoms with Gasteiger partial charge in [-0.05, 0) is 37.1 Å². The molecule has 0 spiro atoms. The van der Waals surface area contributed by atoms with Crippen LogP contribution in [0, 0.1) is 5.92 Å². The van der Waals surface area contributed by atoms with Gasteiger partial charge >= 0.3 is 5.97 Å². The van der Waals surface area contributed by atoms with Crippen molar-refractivity contribution >= 4 is 5.97 Å². The van der Waals surface area contributed by atoms with Gasteiger partial charge in [0.15, 0.2) is 0 Å². The maximum absolute atomic E-state index is 10.8. The van der Waals surface area contributed by atoms with Crippen molar-refractivity contribution in [2.75, 3.05) is 26.3 Å². The predicted octanol–water partition coefficient (Wildman–Crippen LogP) is 1.76. The molecule has 0 heterocycles. The first-order chi connectivity index (χ1) is 9.67. The Hall–Kier alpha value is -1.59. The molecular weight excluding hydrogens is 258 g/mol. The fourth-order valence-corrected chi connectivity index (χ4v) is 1.90. The van der Waals surface area contributed by atoms with Crippen molar-refractivity contribution in [1.82, 2.24) is 5.32 Å². The summed E-state index contributed by atoms with van der Waals surface area (Å²) in [6.45, 7) is 4.36. The number of aromatic carboxylic acids is 1. The van der Waals surface area contributed by atoms with Crippen molar-refractivity contribution in [3.8, 4) is 5.75 Å². The lowest BCUT2D eigenvalue weighted by Crippen LogP contribution is -2.27. The molecule has 0 aliphatic rings. The van der Waals surface area contributed by atoms with E-state index >= 15 is 0 Å². The molecule has 5 heteroatoms. The van der Waals surface area contributed by atoms with Gasteiger partial charge in [-0.15, -0.1) is 0 Å². The predicted molar refractivity (Wildman–Crippen MR) is 77.2 cm³/mol. The monoisotopic (exact) mass is 281 g/mol. The summed E-state index contributed by atoms with van der Waals surface area (Å²) in [4.78, 5) is 10.8. The van der Waals surface area contributed by atoms with Crippen LogP contribution in [-0.4, -0.2) is 42.5 Å². The molecule has 112 valence electrons. The number of aliphatic hydroxyl groups excluding tert-OH is 1. The molecule has 20 heavy (non-hydrogen) atoms. The summed E-state index contributed by atoms with van der Waals surface area (Å²) >= 11 is 0. The number of nitrogens with one attached hydrogen (secondary N) is 1. The fraction of sp³-hybridized carbons (Fsp3) is 0.533. The molecule has 0 saturated heterocycles. The van der Waals surface area contributed by atoms with Gasteiger partial charge in [0.1, 0.15) is 12.4 Å². The van der Waals surface area contributed by atoms with Crippen molar-refractivity contribution in [1.29, 1.82) is 0 Å².